The molecule has 4 aliphatic rings. The van der Waals surface area contributed by atoms with Gasteiger partial charge in [-0.05, 0) is 40.2 Å². The molecule has 1 amide bonds. The molecule has 0 aromatic carbocycles. The topological polar surface area (TPSA) is 83.9 Å². The van der Waals surface area contributed by atoms with Gasteiger partial charge in [0.2, 0.25) is 0 Å². The maximum absolute atomic E-state index is 15.1. The van der Waals surface area contributed by atoms with E-state index in [-0.39, 0.29) is 41.5 Å². The lowest BCUT2D eigenvalue weighted by molar-refractivity contribution is 0.0146. The molecular weight excluding hydrogens is 518 g/mol. The third kappa shape index (κ3) is 4.43. The SMILES string of the molecule is CC(C)(C)OC(=O)N1[C@@H]2C=C[C@H]1CN(c1nc(OC[C@@]34CCCN3C[C@H](F)C4)nc3c(F)c(Cl)ncc13)C2. The molecule has 12 heteroatoms. The number of piperazine rings is 1. The lowest BCUT2D eigenvalue weighted by atomic mass is 9.95. The summed E-state index contributed by atoms with van der Waals surface area (Å²) in [5.74, 6) is -0.303. The zero-order valence-corrected chi connectivity index (χ0v) is 22.4. The van der Waals surface area contributed by atoms with Gasteiger partial charge in [0.25, 0.3) is 0 Å². The zero-order valence-electron chi connectivity index (χ0n) is 21.7. The molecule has 6 heterocycles. The van der Waals surface area contributed by atoms with Gasteiger partial charge in [0.15, 0.2) is 11.0 Å². The molecule has 3 saturated heterocycles. The monoisotopic (exact) mass is 548 g/mol. The van der Waals surface area contributed by atoms with E-state index in [1.165, 1.54) is 6.20 Å². The summed E-state index contributed by atoms with van der Waals surface area (Å²) >= 11 is 5.99. The van der Waals surface area contributed by atoms with E-state index in [9.17, 15) is 9.18 Å². The number of carbonyl (C=O) groups excluding carboxylic acids is 1. The lowest BCUT2D eigenvalue weighted by Gasteiger charge is -2.42. The average Bonchev–Trinajstić information content (AvgIpc) is 3.46. The van der Waals surface area contributed by atoms with Gasteiger partial charge in [0.05, 0.1) is 23.0 Å². The fraction of sp³-hybridized carbons (Fsp3) is 0.615. The van der Waals surface area contributed by atoms with Gasteiger partial charge in [0.1, 0.15) is 29.7 Å². The Balaban J connectivity index is 1.30. The second-order valence-corrected chi connectivity index (χ2v) is 12.0. The Kier molecular flexibility index (Phi) is 6.14. The van der Waals surface area contributed by atoms with Crippen molar-refractivity contribution in [3.05, 3.63) is 29.3 Å². The summed E-state index contributed by atoms with van der Waals surface area (Å²) < 4.78 is 41.1. The highest BCUT2D eigenvalue weighted by Crippen LogP contribution is 2.41. The van der Waals surface area contributed by atoms with Crippen LogP contribution in [0.4, 0.5) is 19.4 Å². The van der Waals surface area contributed by atoms with Crippen molar-refractivity contribution < 1.29 is 23.0 Å². The van der Waals surface area contributed by atoms with Crippen LogP contribution in [-0.2, 0) is 4.74 Å². The quantitative estimate of drug-likeness (QED) is 0.416. The van der Waals surface area contributed by atoms with Crippen LogP contribution in [-0.4, -0.2) is 93.0 Å². The predicted octanol–water partition coefficient (Wildman–Crippen LogP) is 4.14. The number of nitrogens with zero attached hydrogens (tertiary/aromatic N) is 6. The summed E-state index contributed by atoms with van der Waals surface area (Å²) in [6, 6.07) is -0.477. The number of amides is 1. The molecule has 2 bridgehead atoms. The van der Waals surface area contributed by atoms with E-state index >= 15 is 4.39 Å². The molecule has 0 N–H and O–H groups in total. The second-order valence-electron chi connectivity index (χ2n) is 11.6. The van der Waals surface area contributed by atoms with Crippen LogP contribution in [0.2, 0.25) is 5.15 Å². The Morgan fingerprint density at radius 1 is 1.21 bits per heavy atom. The number of halogens is 3. The number of hydrogen-bond acceptors (Lipinski definition) is 8. The summed E-state index contributed by atoms with van der Waals surface area (Å²) in [5, 5.41) is 0.107. The minimum atomic E-state index is -0.890. The second kappa shape index (κ2) is 9.15. The highest BCUT2D eigenvalue weighted by atomic mass is 35.5. The minimum Gasteiger partial charge on any atom is -0.461 e. The smallest absolute Gasteiger partial charge is 0.411 e. The molecule has 9 nitrogen and oxygen atoms in total. The third-order valence-electron chi connectivity index (χ3n) is 7.82. The molecule has 4 aliphatic heterocycles. The van der Waals surface area contributed by atoms with E-state index in [2.05, 4.69) is 19.9 Å². The highest BCUT2D eigenvalue weighted by Gasteiger charge is 2.49. The Labute approximate surface area is 224 Å². The first-order valence-electron chi connectivity index (χ1n) is 13.0. The molecule has 0 radical (unpaired) electrons. The van der Waals surface area contributed by atoms with Gasteiger partial charge < -0.3 is 14.4 Å². The van der Waals surface area contributed by atoms with E-state index in [4.69, 9.17) is 21.1 Å². The number of fused-ring (bicyclic) bond motifs is 4. The highest BCUT2D eigenvalue weighted by molar-refractivity contribution is 6.30. The van der Waals surface area contributed by atoms with Gasteiger partial charge in [-0.15, -0.1) is 0 Å². The molecule has 2 aromatic heterocycles. The van der Waals surface area contributed by atoms with Crippen LogP contribution in [0.15, 0.2) is 18.3 Å². The van der Waals surface area contributed by atoms with Crippen LogP contribution in [0.1, 0.15) is 40.0 Å². The molecule has 204 valence electrons. The molecule has 0 unspecified atom stereocenters. The van der Waals surface area contributed by atoms with Crippen molar-refractivity contribution in [1.29, 1.82) is 0 Å². The Morgan fingerprint density at radius 3 is 2.66 bits per heavy atom. The molecular formula is C26H31ClF2N6O3. The third-order valence-corrected chi connectivity index (χ3v) is 8.08. The fourth-order valence-electron chi connectivity index (χ4n) is 6.22. The summed E-state index contributed by atoms with van der Waals surface area (Å²) in [6.07, 6.45) is 6.36. The van der Waals surface area contributed by atoms with Crippen LogP contribution in [0.3, 0.4) is 0 Å². The van der Waals surface area contributed by atoms with E-state index in [1.54, 1.807) is 4.90 Å². The van der Waals surface area contributed by atoms with Crippen molar-refractivity contribution in [2.24, 2.45) is 0 Å². The van der Waals surface area contributed by atoms with Crippen LogP contribution >= 0.6 is 11.6 Å². The largest absolute Gasteiger partial charge is 0.461 e. The molecule has 0 saturated carbocycles. The van der Waals surface area contributed by atoms with Gasteiger partial charge in [-0.1, -0.05) is 23.8 Å². The van der Waals surface area contributed by atoms with E-state index in [1.807, 2.05) is 37.8 Å². The molecule has 6 rings (SSSR count). The van der Waals surface area contributed by atoms with E-state index in [0.29, 0.717) is 37.3 Å². The lowest BCUT2D eigenvalue weighted by Crippen LogP contribution is -2.57. The van der Waals surface area contributed by atoms with Gasteiger partial charge in [-0.3, -0.25) is 9.80 Å². The number of rotatable bonds is 4. The van der Waals surface area contributed by atoms with Crippen molar-refractivity contribution in [3.8, 4) is 6.01 Å². The summed E-state index contributed by atoms with van der Waals surface area (Å²) in [6.45, 7) is 7.80. The van der Waals surface area contributed by atoms with Gasteiger partial charge in [-0.2, -0.15) is 9.97 Å². The maximum Gasteiger partial charge on any atom is 0.411 e. The summed E-state index contributed by atoms with van der Waals surface area (Å²) in [7, 11) is 0. The minimum absolute atomic E-state index is 0.00655. The van der Waals surface area contributed by atoms with Crippen LogP contribution in [0.5, 0.6) is 6.01 Å². The van der Waals surface area contributed by atoms with Crippen molar-refractivity contribution in [3.63, 3.8) is 0 Å². The fourth-order valence-corrected chi connectivity index (χ4v) is 6.36. The van der Waals surface area contributed by atoms with Crippen molar-refractivity contribution in [1.82, 2.24) is 24.8 Å². The number of hydrogen-bond donors (Lipinski definition) is 0. The van der Waals surface area contributed by atoms with Gasteiger partial charge in [-0.25, -0.2) is 18.6 Å². The zero-order chi connectivity index (χ0) is 26.8. The number of anilines is 1. The average molecular weight is 549 g/mol. The molecule has 0 spiro atoms. The van der Waals surface area contributed by atoms with E-state index < -0.39 is 23.1 Å². The van der Waals surface area contributed by atoms with Gasteiger partial charge in [0, 0.05) is 32.3 Å². The molecule has 4 atom stereocenters. The van der Waals surface area contributed by atoms with Crippen LogP contribution in [0.25, 0.3) is 10.9 Å². The normalized spacial score (nSPS) is 28.8. The first-order valence-corrected chi connectivity index (χ1v) is 13.4. The Hall–Kier alpha value is -2.79. The first-order chi connectivity index (χ1) is 18.0. The van der Waals surface area contributed by atoms with Crippen molar-refractivity contribution in [2.45, 2.75) is 69.4 Å². The maximum atomic E-state index is 15.1. The molecule has 38 heavy (non-hydrogen) atoms. The van der Waals surface area contributed by atoms with Crippen molar-refractivity contribution in [2.75, 3.05) is 37.7 Å². The summed E-state index contributed by atoms with van der Waals surface area (Å²) in [5.41, 5.74) is -0.995. The molecule has 0 aliphatic carbocycles. The standard InChI is InChI=1S/C26H31ClF2N6O3/c1-25(2,3)38-24(36)35-16-5-6-17(35)13-33(12-16)22-18-10-30-21(27)19(29)20(18)31-23(32-22)37-14-26-7-4-8-34(26)11-15(28)9-26/h5-6,10,15-17H,4,7-9,11-14H2,1-3H3/t15-,16-,17+,26+/m1/s1. The number of carbonyl (C=O) groups is 1. The number of alkyl halides is 1. The Bertz CT molecular complexity index is 1290. The molecule has 3 fully saturated rings. The number of pyridine rings is 1. The summed E-state index contributed by atoms with van der Waals surface area (Å²) in [4.78, 5) is 31.7. The number of aromatic nitrogens is 3. The van der Waals surface area contributed by atoms with Crippen LogP contribution < -0.4 is 9.64 Å². The Morgan fingerprint density at radius 2 is 1.95 bits per heavy atom. The van der Waals surface area contributed by atoms with Gasteiger partial charge >= 0.3 is 12.1 Å². The number of ether oxygens (including phenoxy) is 2. The predicted molar refractivity (Wildman–Crippen MR) is 138 cm³/mol. The van der Waals surface area contributed by atoms with E-state index in [0.717, 1.165) is 19.4 Å². The van der Waals surface area contributed by atoms with Crippen LogP contribution in [0, 0.1) is 5.82 Å². The first kappa shape index (κ1) is 25.5. The van der Waals surface area contributed by atoms with Crippen molar-refractivity contribution >= 4 is 34.4 Å². The molecule has 2 aromatic rings.